The first-order valence-electron chi connectivity index (χ1n) is 11.8. The Morgan fingerprint density at radius 2 is 1.50 bits per heavy atom. The minimum atomic E-state index is 0.428. The number of nitrogens with zero attached hydrogens (tertiary/aromatic N) is 4. The molecule has 1 aliphatic carbocycles. The Morgan fingerprint density at radius 3 is 2.12 bits per heavy atom. The van der Waals surface area contributed by atoms with Gasteiger partial charge in [0.1, 0.15) is 5.82 Å². The first kappa shape index (κ1) is 22.4. The standard InChI is InChI=1S/C24H35N5O3/c1-30-19-14-17(15-20(31-2)21(19)32-3)16-25-23-26-22(18-10-6-4-7-11-18)27-24(28-23)29-12-8-5-9-13-29/h14-15,18H,4-13,16H2,1-3H3,(H,25,26,27,28). The van der Waals surface area contributed by atoms with Gasteiger partial charge in [-0.3, -0.25) is 0 Å². The monoisotopic (exact) mass is 441 g/mol. The van der Waals surface area contributed by atoms with Crippen molar-refractivity contribution in [1.82, 2.24) is 15.0 Å². The number of ether oxygens (including phenoxy) is 3. The van der Waals surface area contributed by atoms with Gasteiger partial charge in [0.2, 0.25) is 17.6 Å². The maximum Gasteiger partial charge on any atom is 0.230 e. The summed E-state index contributed by atoms with van der Waals surface area (Å²) in [4.78, 5) is 16.9. The van der Waals surface area contributed by atoms with E-state index in [1.165, 1.54) is 38.5 Å². The zero-order valence-electron chi connectivity index (χ0n) is 19.5. The topological polar surface area (TPSA) is 81.6 Å². The van der Waals surface area contributed by atoms with Crippen LogP contribution in [0.1, 0.15) is 68.7 Å². The Hall–Kier alpha value is -2.77. The van der Waals surface area contributed by atoms with Crippen LogP contribution in [0.25, 0.3) is 0 Å². The van der Waals surface area contributed by atoms with E-state index in [4.69, 9.17) is 29.2 Å². The Labute approximate surface area is 190 Å². The second kappa shape index (κ2) is 10.7. The molecule has 2 aromatic rings. The minimum absolute atomic E-state index is 0.428. The molecule has 1 saturated heterocycles. The zero-order valence-corrected chi connectivity index (χ0v) is 19.5. The summed E-state index contributed by atoms with van der Waals surface area (Å²) >= 11 is 0. The molecule has 0 atom stereocenters. The Balaban J connectivity index is 1.58. The molecule has 0 radical (unpaired) electrons. The van der Waals surface area contributed by atoms with Crippen molar-refractivity contribution >= 4 is 11.9 Å². The normalized spacial score (nSPS) is 17.2. The highest BCUT2D eigenvalue weighted by atomic mass is 16.5. The maximum absolute atomic E-state index is 5.49. The average Bonchev–Trinajstić information content (AvgIpc) is 2.87. The SMILES string of the molecule is COc1cc(CNc2nc(C3CCCCC3)nc(N3CCCCC3)n2)cc(OC)c1OC. The third-order valence-corrected chi connectivity index (χ3v) is 6.43. The van der Waals surface area contributed by atoms with Gasteiger partial charge in [-0.15, -0.1) is 0 Å². The van der Waals surface area contributed by atoms with E-state index in [-0.39, 0.29) is 0 Å². The molecule has 8 nitrogen and oxygen atoms in total. The van der Waals surface area contributed by atoms with Gasteiger partial charge in [0.05, 0.1) is 21.3 Å². The Bertz CT molecular complexity index is 834. The summed E-state index contributed by atoms with van der Waals surface area (Å²) in [7, 11) is 4.86. The lowest BCUT2D eigenvalue weighted by atomic mass is 9.89. The summed E-state index contributed by atoms with van der Waals surface area (Å²) in [6.07, 6.45) is 9.81. The molecule has 4 rings (SSSR count). The van der Waals surface area contributed by atoms with Crippen LogP contribution in [-0.2, 0) is 6.54 Å². The van der Waals surface area contributed by atoms with Crippen molar-refractivity contribution in [2.75, 3.05) is 44.6 Å². The van der Waals surface area contributed by atoms with Crippen molar-refractivity contribution in [2.24, 2.45) is 0 Å². The molecular formula is C24H35N5O3. The fraction of sp³-hybridized carbons (Fsp3) is 0.625. The van der Waals surface area contributed by atoms with E-state index in [0.717, 1.165) is 43.3 Å². The fourth-order valence-electron chi connectivity index (χ4n) is 4.66. The highest BCUT2D eigenvalue weighted by molar-refractivity contribution is 5.54. The summed E-state index contributed by atoms with van der Waals surface area (Å²) in [5.41, 5.74) is 0.999. The van der Waals surface area contributed by atoms with Crippen LogP contribution in [0.15, 0.2) is 12.1 Å². The highest BCUT2D eigenvalue weighted by Crippen LogP contribution is 2.38. The first-order valence-corrected chi connectivity index (χ1v) is 11.8. The van der Waals surface area contributed by atoms with E-state index in [9.17, 15) is 0 Å². The number of piperidine rings is 1. The molecule has 1 aliphatic heterocycles. The van der Waals surface area contributed by atoms with Gasteiger partial charge in [-0.05, 0) is 49.8 Å². The quantitative estimate of drug-likeness (QED) is 0.639. The van der Waals surface area contributed by atoms with Gasteiger partial charge in [0, 0.05) is 25.6 Å². The van der Waals surface area contributed by atoms with E-state index < -0.39 is 0 Å². The van der Waals surface area contributed by atoms with E-state index >= 15 is 0 Å². The number of anilines is 2. The van der Waals surface area contributed by atoms with Crippen molar-refractivity contribution < 1.29 is 14.2 Å². The van der Waals surface area contributed by atoms with Crippen LogP contribution >= 0.6 is 0 Å². The number of hydrogen-bond donors (Lipinski definition) is 1. The second-order valence-corrected chi connectivity index (χ2v) is 8.59. The van der Waals surface area contributed by atoms with Crippen molar-refractivity contribution in [3.63, 3.8) is 0 Å². The number of benzene rings is 1. The Morgan fingerprint density at radius 1 is 0.844 bits per heavy atom. The minimum Gasteiger partial charge on any atom is -0.493 e. The molecule has 32 heavy (non-hydrogen) atoms. The summed E-state index contributed by atoms with van der Waals surface area (Å²) in [6, 6.07) is 3.90. The molecule has 0 spiro atoms. The summed E-state index contributed by atoms with van der Waals surface area (Å²) in [5, 5.41) is 3.42. The Kier molecular flexibility index (Phi) is 7.50. The average molecular weight is 442 g/mol. The lowest BCUT2D eigenvalue weighted by Gasteiger charge is -2.28. The maximum atomic E-state index is 5.49. The van der Waals surface area contributed by atoms with Gasteiger partial charge in [-0.1, -0.05) is 19.3 Å². The predicted molar refractivity (Wildman–Crippen MR) is 125 cm³/mol. The van der Waals surface area contributed by atoms with Crippen LogP contribution in [0.3, 0.4) is 0 Å². The van der Waals surface area contributed by atoms with Crippen LogP contribution in [0.4, 0.5) is 11.9 Å². The molecule has 8 heteroatoms. The van der Waals surface area contributed by atoms with E-state index in [1.54, 1.807) is 21.3 Å². The number of methoxy groups -OCH3 is 3. The molecule has 174 valence electrons. The molecule has 1 saturated carbocycles. The van der Waals surface area contributed by atoms with Crippen LogP contribution in [0.2, 0.25) is 0 Å². The summed E-state index contributed by atoms with van der Waals surface area (Å²) in [5.74, 6) is 4.67. The molecule has 0 bridgehead atoms. The van der Waals surface area contributed by atoms with Gasteiger partial charge < -0.3 is 24.4 Å². The van der Waals surface area contributed by atoms with Gasteiger partial charge >= 0.3 is 0 Å². The van der Waals surface area contributed by atoms with Gasteiger partial charge in [-0.2, -0.15) is 15.0 Å². The molecular weight excluding hydrogens is 406 g/mol. The van der Waals surface area contributed by atoms with E-state index in [1.807, 2.05) is 12.1 Å². The number of nitrogens with one attached hydrogen (secondary N) is 1. The zero-order chi connectivity index (χ0) is 22.3. The third kappa shape index (κ3) is 5.16. The van der Waals surface area contributed by atoms with E-state index in [0.29, 0.717) is 35.7 Å². The molecule has 1 aromatic carbocycles. The van der Waals surface area contributed by atoms with Crippen molar-refractivity contribution in [3.8, 4) is 17.2 Å². The van der Waals surface area contributed by atoms with Gasteiger partial charge in [0.15, 0.2) is 11.5 Å². The third-order valence-electron chi connectivity index (χ3n) is 6.43. The van der Waals surface area contributed by atoms with Crippen LogP contribution in [0.5, 0.6) is 17.2 Å². The highest BCUT2D eigenvalue weighted by Gasteiger charge is 2.23. The second-order valence-electron chi connectivity index (χ2n) is 8.59. The molecule has 0 unspecified atom stereocenters. The summed E-state index contributed by atoms with van der Waals surface area (Å²) in [6.45, 7) is 2.57. The van der Waals surface area contributed by atoms with Crippen LogP contribution in [0, 0.1) is 0 Å². The summed E-state index contributed by atoms with van der Waals surface area (Å²) < 4.78 is 16.4. The van der Waals surface area contributed by atoms with Crippen molar-refractivity contribution in [3.05, 3.63) is 23.5 Å². The number of aromatic nitrogens is 3. The number of hydrogen-bond acceptors (Lipinski definition) is 8. The van der Waals surface area contributed by atoms with Crippen molar-refractivity contribution in [2.45, 2.75) is 63.8 Å². The first-order chi connectivity index (χ1) is 15.7. The smallest absolute Gasteiger partial charge is 0.230 e. The van der Waals surface area contributed by atoms with E-state index in [2.05, 4.69) is 10.2 Å². The largest absolute Gasteiger partial charge is 0.493 e. The van der Waals surface area contributed by atoms with Crippen LogP contribution < -0.4 is 24.4 Å². The lowest BCUT2D eigenvalue weighted by Crippen LogP contribution is -2.32. The molecule has 1 aromatic heterocycles. The molecule has 0 amide bonds. The van der Waals surface area contributed by atoms with Gasteiger partial charge in [0.25, 0.3) is 0 Å². The number of rotatable bonds is 8. The predicted octanol–water partition coefficient (Wildman–Crippen LogP) is 4.55. The van der Waals surface area contributed by atoms with Gasteiger partial charge in [-0.25, -0.2) is 0 Å². The van der Waals surface area contributed by atoms with Crippen LogP contribution in [-0.4, -0.2) is 49.4 Å². The molecule has 2 fully saturated rings. The fourth-order valence-corrected chi connectivity index (χ4v) is 4.66. The lowest BCUT2D eigenvalue weighted by molar-refractivity contribution is 0.324. The molecule has 2 aliphatic rings. The molecule has 1 N–H and O–H groups in total. The molecule has 2 heterocycles. The van der Waals surface area contributed by atoms with Crippen molar-refractivity contribution in [1.29, 1.82) is 0 Å².